The summed E-state index contributed by atoms with van der Waals surface area (Å²) in [6, 6.07) is 6.40. The number of aromatic nitrogens is 1. The second-order valence-electron chi connectivity index (χ2n) is 4.23. The van der Waals surface area contributed by atoms with Gasteiger partial charge in [0.2, 0.25) is 0 Å². The van der Waals surface area contributed by atoms with Crippen LogP contribution in [-0.2, 0) is 13.0 Å². The maximum atomic E-state index is 3.59. The summed E-state index contributed by atoms with van der Waals surface area (Å²) in [6.45, 7) is 2.21. The highest BCUT2D eigenvalue weighted by molar-refractivity contribution is 9.10. The van der Waals surface area contributed by atoms with Crippen molar-refractivity contribution >= 4 is 26.8 Å². The van der Waals surface area contributed by atoms with E-state index in [9.17, 15) is 0 Å². The number of H-pyrrole nitrogens is 1. The summed E-state index contributed by atoms with van der Waals surface area (Å²) in [7, 11) is 2.18. The van der Waals surface area contributed by atoms with Crippen LogP contribution in [0.5, 0.6) is 0 Å². The van der Waals surface area contributed by atoms with Crippen molar-refractivity contribution in [3.05, 3.63) is 33.9 Å². The van der Waals surface area contributed by atoms with Gasteiger partial charge < -0.3 is 9.88 Å². The van der Waals surface area contributed by atoms with Gasteiger partial charge in [-0.2, -0.15) is 0 Å². The third kappa shape index (κ3) is 1.42. The first-order valence-corrected chi connectivity index (χ1v) is 6.01. The predicted octanol–water partition coefficient (Wildman–Crippen LogP) is 2.92. The molecule has 2 heterocycles. The van der Waals surface area contributed by atoms with Crippen molar-refractivity contribution in [2.75, 3.05) is 13.6 Å². The maximum absolute atomic E-state index is 3.59. The minimum absolute atomic E-state index is 1.06. The first-order valence-electron chi connectivity index (χ1n) is 5.22. The number of hydrogen-bond donors (Lipinski definition) is 1. The van der Waals surface area contributed by atoms with Gasteiger partial charge in [-0.25, -0.2) is 0 Å². The predicted molar refractivity (Wildman–Crippen MR) is 66.0 cm³/mol. The number of benzene rings is 1. The van der Waals surface area contributed by atoms with Crippen molar-refractivity contribution in [1.29, 1.82) is 0 Å². The van der Waals surface area contributed by atoms with Gasteiger partial charge in [-0.1, -0.05) is 12.1 Å². The fourth-order valence-corrected chi connectivity index (χ4v) is 2.80. The van der Waals surface area contributed by atoms with Gasteiger partial charge in [0.25, 0.3) is 0 Å². The molecule has 1 aliphatic rings. The van der Waals surface area contributed by atoms with Crippen LogP contribution in [-0.4, -0.2) is 23.5 Å². The summed E-state index contributed by atoms with van der Waals surface area (Å²) < 4.78 is 1.16. The minimum atomic E-state index is 1.06. The van der Waals surface area contributed by atoms with Gasteiger partial charge in [-0.3, -0.25) is 0 Å². The van der Waals surface area contributed by atoms with Gasteiger partial charge in [-0.15, -0.1) is 0 Å². The summed E-state index contributed by atoms with van der Waals surface area (Å²) in [5.74, 6) is 0. The lowest BCUT2D eigenvalue weighted by Crippen LogP contribution is -2.25. The lowest BCUT2D eigenvalue weighted by Gasteiger charge is -2.22. The molecule has 1 aromatic carbocycles. The molecule has 0 saturated heterocycles. The van der Waals surface area contributed by atoms with Gasteiger partial charge in [0, 0.05) is 35.1 Å². The Morgan fingerprint density at radius 1 is 1.40 bits per heavy atom. The molecule has 2 aromatic rings. The molecule has 1 aromatic heterocycles. The Balaban J connectivity index is 2.29. The number of nitrogens with one attached hydrogen (secondary N) is 1. The Labute approximate surface area is 97.4 Å². The summed E-state index contributed by atoms with van der Waals surface area (Å²) >= 11 is 3.59. The molecule has 0 unspecified atom stereocenters. The highest BCUT2D eigenvalue weighted by Gasteiger charge is 2.18. The molecule has 0 fully saturated rings. The van der Waals surface area contributed by atoms with Gasteiger partial charge in [-0.05, 0) is 34.6 Å². The van der Waals surface area contributed by atoms with E-state index in [-0.39, 0.29) is 0 Å². The number of halogens is 1. The van der Waals surface area contributed by atoms with E-state index in [1.54, 1.807) is 0 Å². The molecule has 0 spiro atoms. The number of rotatable bonds is 0. The molecule has 2 nitrogen and oxygen atoms in total. The Morgan fingerprint density at radius 3 is 3.13 bits per heavy atom. The molecule has 0 aliphatic carbocycles. The zero-order valence-corrected chi connectivity index (χ0v) is 10.3. The Bertz CT molecular complexity index is 516. The van der Waals surface area contributed by atoms with Crippen LogP contribution < -0.4 is 0 Å². The summed E-state index contributed by atoms with van der Waals surface area (Å²) in [5.41, 5.74) is 4.13. The minimum Gasteiger partial charge on any atom is -0.357 e. The van der Waals surface area contributed by atoms with Crippen molar-refractivity contribution in [2.45, 2.75) is 13.0 Å². The van der Waals surface area contributed by atoms with E-state index >= 15 is 0 Å². The maximum Gasteiger partial charge on any atom is 0.0603 e. The van der Waals surface area contributed by atoms with Crippen molar-refractivity contribution in [1.82, 2.24) is 9.88 Å². The first-order chi connectivity index (χ1) is 7.25. The molecule has 0 atom stereocenters. The molecule has 15 heavy (non-hydrogen) atoms. The SMILES string of the molecule is CN1CCc2[nH]c3c(Br)cccc3c2C1. The van der Waals surface area contributed by atoms with Crippen LogP contribution in [0.4, 0.5) is 0 Å². The van der Waals surface area contributed by atoms with Gasteiger partial charge in [0.15, 0.2) is 0 Å². The van der Waals surface area contributed by atoms with Crippen molar-refractivity contribution in [3.63, 3.8) is 0 Å². The zero-order valence-electron chi connectivity index (χ0n) is 8.68. The van der Waals surface area contributed by atoms with E-state index in [1.165, 1.54) is 22.2 Å². The molecule has 3 heteroatoms. The van der Waals surface area contributed by atoms with E-state index in [1.807, 2.05) is 0 Å². The Hall–Kier alpha value is -0.800. The summed E-state index contributed by atoms with van der Waals surface area (Å²) in [6.07, 6.45) is 1.13. The van der Waals surface area contributed by atoms with Crippen LogP contribution in [0.1, 0.15) is 11.3 Å². The molecular weight excluding hydrogens is 252 g/mol. The number of hydrogen-bond acceptors (Lipinski definition) is 1. The second kappa shape index (κ2) is 3.35. The van der Waals surface area contributed by atoms with Crippen LogP contribution in [0.2, 0.25) is 0 Å². The number of para-hydroxylation sites is 1. The molecule has 3 rings (SSSR count). The van der Waals surface area contributed by atoms with Crippen molar-refractivity contribution in [3.8, 4) is 0 Å². The average molecular weight is 265 g/mol. The third-order valence-electron chi connectivity index (χ3n) is 3.15. The van der Waals surface area contributed by atoms with E-state index < -0.39 is 0 Å². The van der Waals surface area contributed by atoms with E-state index in [2.05, 4.69) is 51.1 Å². The molecule has 78 valence electrons. The highest BCUT2D eigenvalue weighted by Crippen LogP contribution is 2.31. The number of fused-ring (bicyclic) bond motifs is 3. The average Bonchev–Trinajstić information content (AvgIpc) is 2.58. The standard InChI is InChI=1S/C12H13BrN2/c1-15-6-5-11-9(7-15)8-3-2-4-10(13)12(8)14-11/h2-4,14H,5-7H2,1H3. The highest BCUT2D eigenvalue weighted by atomic mass is 79.9. The van der Waals surface area contributed by atoms with E-state index in [0.29, 0.717) is 0 Å². The van der Waals surface area contributed by atoms with Gasteiger partial charge >= 0.3 is 0 Å². The normalized spacial score (nSPS) is 16.9. The molecule has 0 saturated carbocycles. The topological polar surface area (TPSA) is 19.0 Å². The van der Waals surface area contributed by atoms with Gasteiger partial charge in [0.05, 0.1) is 5.52 Å². The van der Waals surface area contributed by atoms with Crippen LogP contribution in [0, 0.1) is 0 Å². The fourth-order valence-electron chi connectivity index (χ4n) is 2.34. The number of likely N-dealkylation sites (N-methyl/N-ethyl adjacent to an activating group) is 1. The summed E-state index contributed by atoms with van der Waals surface area (Å²) in [5, 5.41) is 1.37. The Morgan fingerprint density at radius 2 is 2.27 bits per heavy atom. The molecule has 0 radical (unpaired) electrons. The fraction of sp³-hybridized carbons (Fsp3) is 0.333. The van der Waals surface area contributed by atoms with Crippen LogP contribution in [0.25, 0.3) is 10.9 Å². The monoisotopic (exact) mass is 264 g/mol. The molecule has 0 amide bonds. The largest absolute Gasteiger partial charge is 0.357 e. The molecule has 1 aliphatic heterocycles. The number of aromatic amines is 1. The smallest absolute Gasteiger partial charge is 0.0603 e. The van der Waals surface area contributed by atoms with E-state index in [0.717, 1.165) is 24.0 Å². The van der Waals surface area contributed by atoms with Crippen molar-refractivity contribution < 1.29 is 0 Å². The molecule has 1 N–H and O–H groups in total. The lowest BCUT2D eigenvalue weighted by atomic mass is 10.1. The van der Waals surface area contributed by atoms with Crippen molar-refractivity contribution in [2.24, 2.45) is 0 Å². The lowest BCUT2D eigenvalue weighted by molar-refractivity contribution is 0.313. The molecule has 0 bridgehead atoms. The zero-order chi connectivity index (χ0) is 10.4. The quantitative estimate of drug-likeness (QED) is 0.776. The summed E-state index contributed by atoms with van der Waals surface area (Å²) in [4.78, 5) is 5.90. The van der Waals surface area contributed by atoms with Gasteiger partial charge in [0.1, 0.15) is 0 Å². The first kappa shape index (κ1) is 9.43. The third-order valence-corrected chi connectivity index (χ3v) is 3.81. The Kier molecular flexibility index (Phi) is 2.11. The van der Waals surface area contributed by atoms with E-state index in [4.69, 9.17) is 0 Å². The second-order valence-corrected chi connectivity index (χ2v) is 5.09. The van der Waals surface area contributed by atoms with Crippen LogP contribution >= 0.6 is 15.9 Å². The van der Waals surface area contributed by atoms with Crippen LogP contribution in [0.3, 0.4) is 0 Å². The molecular formula is C12H13BrN2. The number of nitrogens with zero attached hydrogens (tertiary/aromatic N) is 1. The van der Waals surface area contributed by atoms with Crippen LogP contribution in [0.15, 0.2) is 22.7 Å².